The highest BCUT2D eigenvalue weighted by molar-refractivity contribution is 7.98. The fraction of sp³-hybridized carbons (Fsp3) is 0.182. The van der Waals surface area contributed by atoms with Crippen LogP contribution in [0, 0.1) is 0 Å². The van der Waals surface area contributed by atoms with Crippen molar-refractivity contribution in [2.75, 3.05) is 5.73 Å². The Morgan fingerprint density at radius 2 is 2.22 bits per heavy atom. The van der Waals surface area contributed by atoms with E-state index in [1.165, 1.54) is 24.2 Å². The largest absolute Gasteiger partial charge is 0.398 e. The van der Waals surface area contributed by atoms with Crippen LogP contribution in [0.25, 0.3) is 0 Å². The first-order valence-electron chi connectivity index (χ1n) is 5.05. The molecular formula is C11H10ClF2N3S. The second-order valence-electron chi connectivity index (χ2n) is 3.50. The normalized spacial score (nSPS) is 11.1. The third kappa shape index (κ3) is 2.94. The van der Waals surface area contributed by atoms with Gasteiger partial charge in [-0.1, -0.05) is 11.6 Å². The van der Waals surface area contributed by atoms with Crippen molar-refractivity contribution in [1.29, 1.82) is 0 Å². The third-order valence-electron chi connectivity index (χ3n) is 2.29. The number of nitrogens with two attached hydrogens (primary N) is 1. The Morgan fingerprint density at radius 3 is 2.94 bits per heavy atom. The molecule has 0 aliphatic carbocycles. The van der Waals surface area contributed by atoms with E-state index in [1.54, 1.807) is 18.2 Å². The number of imidazole rings is 1. The van der Waals surface area contributed by atoms with Crippen molar-refractivity contribution < 1.29 is 8.78 Å². The summed E-state index contributed by atoms with van der Waals surface area (Å²) in [5.74, 6) is 0.608. The van der Waals surface area contributed by atoms with Crippen LogP contribution in [0.3, 0.4) is 0 Å². The second-order valence-corrected chi connectivity index (χ2v) is 4.95. The van der Waals surface area contributed by atoms with Crippen molar-refractivity contribution in [1.82, 2.24) is 9.55 Å². The molecule has 1 aromatic carbocycles. The molecule has 2 N–H and O–H groups in total. The predicted octanol–water partition coefficient (Wildman–Crippen LogP) is 3.81. The Bertz CT molecular complexity index is 545. The zero-order chi connectivity index (χ0) is 13.1. The number of rotatable bonds is 4. The molecule has 0 aliphatic rings. The summed E-state index contributed by atoms with van der Waals surface area (Å²) in [7, 11) is 0. The summed E-state index contributed by atoms with van der Waals surface area (Å²) in [5, 5.41) is 0.559. The monoisotopic (exact) mass is 289 g/mol. The Labute approximate surface area is 112 Å². The van der Waals surface area contributed by atoms with E-state index in [4.69, 9.17) is 17.3 Å². The SMILES string of the molecule is Nc1ccc(Cl)cc1SCc1nccn1C(F)F. The summed E-state index contributed by atoms with van der Waals surface area (Å²) in [5.41, 5.74) is 6.34. The minimum atomic E-state index is -2.58. The molecule has 2 rings (SSSR count). The number of nitrogen functional groups attached to an aromatic ring is 1. The fourth-order valence-corrected chi connectivity index (χ4v) is 2.60. The molecule has 3 nitrogen and oxygen atoms in total. The average molecular weight is 290 g/mol. The number of thioether (sulfide) groups is 1. The number of halogens is 3. The van der Waals surface area contributed by atoms with Gasteiger partial charge in [-0.15, -0.1) is 11.8 Å². The van der Waals surface area contributed by atoms with E-state index >= 15 is 0 Å². The number of hydrogen-bond acceptors (Lipinski definition) is 3. The molecule has 0 spiro atoms. The molecule has 0 unspecified atom stereocenters. The molecule has 18 heavy (non-hydrogen) atoms. The van der Waals surface area contributed by atoms with Crippen LogP contribution in [-0.2, 0) is 5.75 Å². The van der Waals surface area contributed by atoms with E-state index < -0.39 is 6.55 Å². The number of alkyl halides is 2. The lowest BCUT2D eigenvalue weighted by Gasteiger charge is -2.08. The summed E-state index contributed by atoms with van der Waals surface area (Å²) in [6.45, 7) is -2.58. The molecule has 0 radical (unpaired) electrons. The molecule has 0 saturated carbocycles. The van der Waals surface area contributed by atoms with Crippen molar-refractivity contribution in [2.45, 2.75) is 17.2 Å². The molecule has 2 aromatic rings. The van der Waals surface area contributed by atoms with Crippen LogP contribution in [0.15, 0.2) is 35.5 Å². The van der Waals surface area contributed by atoms with Crippen molar-refractivity contribution in [3.05, 3.63) is 41.4 Å². The van der Waals surface area contributed by atoms with Crippen LogP contribution in [0.5, 0.6) is 0 Å². The highest BCUT2D eigenvalue weighted by atomic mass is 35.5. The molecule has 7 heteroatoms. The van der Waals surface area contributed by atoms with E-state index in [0.29, 0.717) is 22.3 Å². The van der Waals surface area contributed by atoms with Gasteiger partial charge in [0.05, 0.1) is 5.75 Å². The summed E-state index contributed by atoms with van der Waals surface area (Å²) in [6.07, 6.45) is 2.60. The number of nitrogens with zero attached hydrogens (tertiary/aromatic N) is 2. The van der Waals surface area contributed by atoms with Gasteiger partial charge in [0, 0.05) is 28.0 Å². The Hall–Kier alpha value is -1.27. The van der Waals surface area contributed by atoms with E-state index in [0.717, 1.165) is 9.46 Å². The van der Waals surface area contributed by atoms with E-state index in [1.807, 2.05) is 0 Å². The standard InChI is InChI=1S/C11H10ClF2N3S/c12-7-1-2-8(15)9(5-7)18-6-10-16-3-4-17(10)11(13)14/h1-5,11H,6,15H2. The van der Waals surface area contributed by atoms with Crippen LogP contribution in [-0.4, -0.2) is 9.55 Å². The summed E-state index contributed by atoms with van der Waals surface area (Å²) < 4.78 is 26.0. The molecule has 0 bridgehead atoms. The van der Waals surface area contributed by atoms with Crippen molar-refractivity contribution >= 4 is 29.1 Å². The van der Waals surface area contributed by atoms with Gasteiger partial charge in [-0.25, -0.2) is 4.98 Å². The van der Waals surface area contributed by atoms with Crippen LogP contribution in [0.2, 0.25) is 5.02 Å². The first-order valence-corrected chi connectivity index (χ1v) is 6.42. The quantitative estimate of drug-likeness (QED) is 0.687. The minimum absolute atomic E-state index is 0.300. The fourth-order valence-electron chi connectivity index (χ4n) is 1.41. The van der Waals surface area contributed by atoms with Gasteiger partial charge in [0.25, 0.3) is 0 Å². The van der Waals surface area contributed by atoms with Gasteiger partial charge in [-0.05, 0) is 18.2 Å². The maximum atomic E-state index is 12.6. The number of hydrogen-bond donors (Lipinski definition) is 1. The van der Waals surface area contributed by atoms with Gasteiger partial charge < -0.3 is 5.73 Å². The van der Waals surface area contributed by atoms with Crippen LogP contribution < -0.4 is 5.73 Å². The molecule has 0 atom stereocenters. The van der Waals surface area contributed by atoms with Gasteiger partial charge in [0.2, 0.25) is 0 Å². The molecule has 0 fully saturated rings. The Morgan fingerprint density at radius 1 is 1.44 bits per heavy atom. The average Bonchev–Trinajstić information content (AvgIpc) is 2.79. The van der Waals surface area contributed by atoms with Crippen LogP contribution >= 0.6 is 23.4 Å². The van der Waals surface area contributed by atoms with Crippen molar-refractivity contribution in [2.24, 2.45) is 0 Å². The summed E-state index contributed by atoms with van der Waals surface area (Å²) in [6, 6.07) is 5.07. The highest BCUT2D eigenvalue weighted by Gasteiger charge is 2.12. The van der Waals surface area contributed by atoms with Crippen LogP contribution in [0.4, 0.5) is 14.5 Å². The van der Waals surface area contributed by atoms with E-state index in [9.17, 15) is 8.78 Å². The van der Waals surface area contributed by atoms with Crippen molar-refractivity contribution in [3.63, 3.8) is 0 Å². The number of anilines is 1. The van der Waals surface area contributed by atoms with Gasteiger partial charge >= 0.3 is 6.55 Å². The van der Waals surface area contributed by atoms with E-state index in [2.05, 4.69) is 4.98 Å². The lowest BCUT2D eigenvalue weighted by Crippen LogP contribution is -2.02. The Balaban J connectivity index is 2.11. The first kappa shape index (κ1) is 13.2. The Kier molecular flexibility index (Phi) is 4.08. The molecule has 0 saturated heterocycles. The molecule has 1 heterocycles. The van der Waals surface area contributed by atoms with Gasteiger partial charge in [-0.3, -0.25) is 4.57 Å². The van der Waals surface area contributed by atoms with Crippen molar-refractivity contribution in [3.8, 4) is 0 Å². The summed E-state index contributed by atoms with van der Waals surface area (Å²) in [4.78, 5) is 4.65. The van der Waals surface area contributed by atoms with E-state index in [-0.39, 0.29) is 0 Å². The lowest BCUT2D eigenvalue weighted by atomic mass is 10.3. The number of benzene rings is 1. The zero-order valence-corrected chi connectivity index (χ0v) is 10.8. The highest BCUT2D eigenvalue weighted by Crippen LogP contribution is 2.30. The van der Waals surface area contributed by atoms with Gasteiger partial charge in [-0.2, -0.15) is 8.78 Å². The predicted molar refractivity (Wildman–Crippen MR) is 68.9 cm³/mol. The van der Waals surface area contributed by atoms with Gasteiger partial charge in [0.15, 0.2) is 0 Å². The third-order valence-corrected chi connectivity index (χ3v) is 3.59. The zero-order valence-electron chi connectivity index (χ0n) is 9.19. The second kappa shape index (κ2) is 5.58. The van der Waals surface area contributed by atoms with Gasteiger partial charge in [0.1, 0.15) is 5.82 Å². The smallest absolute Gasteiger partial charge is 0.319 e. The number of aromatic nitrogens is 2. The maximum absolute atomic E-state index is 12.6. The molecule has 0 amide bonds. The molecule has 0 aliphatic heterocycles. The minimum Gasteiger partial charge on any atom is -0.398 e. The molecular weight excluding hydrogens is 280 g/mol. The topological polar surface area (TPSA) is 43.8 Å². The maximum Gasteiger partial charge on any atom is 0.319 e. The first-order chi connectivity index (χ1) is 8.58. The lowest BCUT2D eigenvalue weighted by molar-refractivity contribution is 0.0678. The molecule has 96 valence electrons. The molecule has 1 aromatic heterocycles. The summed E-state index contributed by atoms with van der Waals surface area (Å²) >= 11 is 7.17. The van der Waals surface area contributed by atoms with Crippen LogP contribution in [0.1, 0.15) is 12.4 Å².